The van der Waals surface area contributed by atoms with Crippen LogP contribution in [0.3, 0.4) is 0 Å². The van der Waals surface area contributed by atoms with E-state index in [2.05, 4.69) is 205 Å². The highest BCUT2D eigenvalue weighted by molar-refractivity contribution is 7.26. The molecule has 0 amide bonds. The molecule has 12 rings (SSSR count). The van der Waals surface area contributed by atoms with Gasteiger partial charge in [0, 0.05) is 47.9 Å². The third-order valence-electron chi connectivity index (χ3n) is 11.6. The van der Waals surface area contributed by atoms with Gasteiger partial charge in [-0.1, -0.05) is 158 Å². The second-order valence-corrected chi connectivity index (χ2v) is 15.8. The summed E-state index contributed by atoms with van der Waals surface area (Å²) in [5.74, 6) is 0. The van der Waals surface area contributed by atoms with E-state index in [0.717, 1.165) is 55.5 Å². The van der Waals surface area contributed by atoms with Crippen LogP contribution in [-0.4, -0.2) is 0 Å². The highest BCUT2D eigenvalue weighted by atomic mass is 32.1. The number of anilines is 3. The second-order valence-electron chi connectivity index (χ2n) is 14.8. The Bertz CT molecular complexity index is 3520. The first-order valence-electron chi connectivity index (χ1n) is 19.4. The average Bonchev–Trinajstić information content (AvgIpc) is 3.87. The van der Waals surface area contributed by atoms with Gasteiger partial charge < -0.3 is 9.32 Å². The first-order chi connectivity index (χ1) is 28.3. The van der Waals surface area contributed by atoms with Crippen molar-refractivity contribution < 1.29 is 4.42 Å². The van der Waals surface area contributed by atoms with Gasteiger partial charge in [0.2, 0.25) is 0 Å². The maximum Gasteiger partial charge on any atom is 0.143 e. The predicted octanol–water partition coefficient (Wildman–Crippen LogP) is 16.2. The quantitative estimate of drug-likeness (QED) is 0.163. The van der Waals surface area contributed by atoms with Crippen molar-refractivity contribution in [3.8, 4) is 22.3 Å². The third-order valence-corrected chi connectivity index (χ3v) is 12.8. The van der Waals surface area contributed by atoms with Crippen LogP contribution < -0.4 is 4.90 Å². The fourth-order valence-electron chi connectivity index (χ4n) is 9.04. The lowest BCUT2D eigenvalue weighted by molar-refractivity contribution is 0.673. The smallest absolute Gasteiger partial charge is 0.143 e. The van der Waals surface area contributed by atoms with E-state index in [1.165, 1.54) is 58.2 Å². The Labute approximate surface area is 333 Å². The van der Waals surface area contributed by atoms with Crippen molar-refractivity contribution in [1.29, 1.82) is 0 Å². The van der Waals surface area contributed by atoms with E-state index in [-0.39, 0.29) is 0 Å². The lowest BCUT2D eigenvalue weighted by Gasteiger charge is -2.29. The van der Waals surface area contributed by atoms with Gasteiger partial charge in [-0.3, -0.25) is 0 Å². The minimum Gasteiger partial charge on any atom is -0.455 e. The van der Waals surface area contributed by atoms with Crippen molar-refractivity contribution in [3.05, 3.63) is 200 Å². The van der Waals surface area contributed by atoms with Gasteiger partial charge in [0.1, 0.15) is 11.2 Å². The highest BCUT2D eigenvalue weighted by Gasteiger charge is 2.26. The topological polar surface area (TPSA) is 16.4 Å². The molecular formula is C54H33NOS. The zero-order valence-electron chi connectivity index (χ0n) is 30.8. The van der Waals surface area contributed by atoms with Crippen LogP contribution in [0.5, 0.6) is 0 Å². The summed E-state index contributed by atoms with van der Waals surface area (Å²) >= 11 is 1.87. The number of thiophene rings is 1. The molecule has 0 fully saturated rings. The molecule has 0 saturated heterocycles. The molecule has 0 radical (unpaired) electrons. The summed E-state index contributed by atoms with van der Waals surface area (Å²) in [5.41, 5.74) is 9.75. The Morgan fingerprint density at radius 1 is 0.386 bits per heavy atom. The molecule has 0 saturated carbocycles. The van der Waals surface area contributed by atoms with E-state index in [4.69, 9.17) is 4.42 Å². The van der Waals surface area contributed by atoms with Crippen molar-refractivity contribution >= 4 is 103 Å². The molecule has 2 nitrogen and oxygen atoms in total. The molecule has 10 aromatic carbocycles. The maximum absolute atomic E-state index is 7.01. The molecule has 0 unspecified atom stereocenters. The van der Waals surface area contributed by atoms with Crippen LogP contribution >= 0.6 is 11.3 Å². The van der Waals surface area contributed by atoms with Crippen LogP contribution in [0, 0.1) is 0 Å². The number of benzene rings is 10. The number of fused-ring (bicyclic) bond motifs is 12. The minimum absolute atomic E-state index is 0.861. The fraction of sp³-hybridized carbons (Fsp3) is 0. The van der Waals surface area contributed by atoms with E-state index < -0.39 is 0 Å². The van der Waals surface area contributed by atoms with Gasteiger partial charge in [-0.25, -0.2) is 0 Å². The standard InChI is InChI=1S/C54H33NOS/c1-2-14-35(15-3-1)40-31-32-48-51(50-45-20-8-6-17-42(45)43-18-7-9-21-46(43)53(50)56-48)52(40)55(39-30-25-34-13-4-5-16-37(34)33-39)38-28-26-36(27-29-38)41-22-12-23-47-44-19-10-11-24-49(44)57-54(41)47/h1-33H. The fourth-order valence-corrected chi connectivity index (χ4v) is 10.3. The van der Waals surface area contributed by atoms with E-state index in [1.807, 2.05) is 11.3 Å². The minimum atomic E-state index is 0.861. The molecule has 266 valence electrons. The SMILES string of the molecule is c1ccc(-c2ccc3oc4c5ccccc5c5ccccc5c4c3c2N(c2ccc(-c3cccc4c3sc3ccccc34)cc2)c2ccc3ccccc3c2)cc1. The molecule has 0 aliphatic rings. The van der Waals surface area contributed by atoms with Crippen LogP contribution in [0.25, 0.3) is 96.7 Å². The van der Waals surface area contributed by atoms with Gasteiger partial charge >= 0.3 is 0 Å². The monoisotopic (exact) mass is 743 g/mol. The number of hydrogen-bond acceptors (Lipinski definition) is 3. The number of hydrogen-bond donors (Lipinski definition) is 0. The largest absolute Gasteiger partial charge is 0.455 e. The molecule has 2 aromatic heterocycles. The summed E-state index contributed by atoms with van der Waals surface area (Å²) in [7, 11) is 0. The molecule has 0 aliphatic heterocycles. The molecule has 12 aromatic rings. The summed E-state index contributed by atoms with van der Waals surface area (Å²) in [6.07, 6.45) is 0. The van der Waals surface area contributed by atoms with Crippen LogP contribution in [0.15, 0.2) is 205 Å². The van der Waals surface area contributed by atoms with Gasteiger partial charge in [0.05, 0.1) is 11.1 Å². The zero-order valence-corrected chi connectivity index (χ0v) is 31.6. The Morgan fingerprint density at radius 2 is 1.02 bits per heavy atom. The van der Waals surface area contributed by atoms with E-state index in [1.54, 1.807) is 0 Å². The predicted molar refractivity (Wildman–Crippen MR) is 245 cm³/mol. The van der Waals surface area contributed by atoms with Gasteiger partial charge in [0.25, 0.3) is 0 Å². The average molecular weight is 744 g/mol. The summed E-state index contributed by atoms with van der Waals surface area (Å²) in [4.78, 5) is 2.46. The first kappa shape index (κ1) is 32.1. The molecule has 0 N–H and O–H groups in total. The molecule has 0 aliphatic carbocycles. The Hall–Kier alpha value is -7.20. The first-order valence-corrected chi connectivity index (χ1v) is 20.2. The van der Waals surface area contributed by atoms with Crippen molar-refractivity contribution in [2.45, 2.75) is 0 Å². The summed E-state index contributed by atoms with van der Waals surface area (Å²) < 4.78 is 9.65. The van der Waals surface area contributed by atoms with Crippen LogP contribution in [0.1, 0.15) is 0 Å². The van der Waals surface area contributed by atoms with E-state index >= 15 is 0 Å². The number of nitrogens with zero attached hydrogens (tertiary/aromatic N) is 1. The maximum atomic E-state index is 7.01. The van der Waals surface area contributed by atoms with Crippen molar-refractivity contribution in [2.24, 2.45) is 0 Å². The number of furan rings is 1. The van der Waals surface area contributed by atoms with Crippen molar-refractivity contribution in [1.82, 2.24) is 0 Å². The van der Waals surface area contributed by atoms with Crippen molar-refractivity contribution in [3.63, 3.8) is 0 Å². The van der Waals surface area contributed by atoms with E-state index in [9.17, 15) is 0 Å². The lowest BCUT2D eigenvalue weighted by atomic mass is 9.93. The summed E-state index contributed by atoms with van der Waals surface area (Å²) in [6.45, 7) is 0. The Morgan fingerprint density at radius 3 is 1.84 bits per heavy atom. The summed E-state index contributed by atoms with van der Waals surface area (Å²) in [5, 5.41) is 12.0. The molecule has 57 heavy (non-hydrogen) atoms. The van der Waals surface area contributed by atoms with Crippen LogP contribution in [-0.2, 0) is 0 Å². The second kappa shape index (κ2) is 12.7. The third kappa shape index (κ3) is 4.96. The molecule has 3 heteroatoms. The van der Waals surface area contributed by atoms with Crippen LogP contribution in [0.4, 0.5) is 17.1 Å². The van der Waals surface area contributed by atoms with Gasteiger partial charge in [-0.2, -0.15) is 0 Å². The molecule has 0 bridgehead atoms. The van der Waals surface area contributed by atoms with E-state index in [0.29, 0.717) is 0 Å². The molecular weight excluding hydrogens is 711 g/mol. The highest BCUT2D eigenvalue weighted by Crippen LogP contribution is 2.51. The van der Waals surface area contributed by atoms with Crippen molar-refractivity contribution in [2.75, 3.05) is 4.90 Å². The summed E-state index contributed by atoms with van der Waals surface area (Å²) in [6, 6.07) is 72.7. The van der Waals surface area contributed by atoms with Gasteiger partial charge in [-0.05, 0) is 86.1 Å². The normalized spacial score (nSPS) is 11.9. The molecule has 0 spiro atoms. The zero-order chi connectivity index (χ0) is 37.5. The number of rotatable bonds is 5. The van der Waals surface area contributed by atoms with Gasteiger partial charge in [0.15, 0.2) is 0 Å². The van der Waals surface area contributed by atoms with Gasteiger partial charge in [-0.15, -0.1) is 11.3 Å². The Balaban J connectivity index is 1.18. The molecule has 2 heterocycles. The lowest BCUT2D eigenvalue weighted by Crippen LogP contribution is -2.12. The Kier molecular flexibility index (Phi) is 7.13. The van der Waals surface area contributed by atoms with Crippen LogP contribution in [0.2, 0.25) is 0 Å². The molecule has 0 atom stereocenters.